The van der Waals surface area contributed by atoms with Crippen molar-refractivity contribution in [3.05, 3.63) is 35.0 Å². The summed E-state index contributed by atoms with van der Waals surface area (Å²) in [5.41, 5.74) is 1.69. The Morgan fingerprint density at radius 2 is 1.80 bits per heavy atom. The molecule has 7 nitrogen and oxygen atoms in total. The number of esters is 1. The molecule has 1 aromatic carbocycles. The maximum Gasteiger partial charge on any atom is 0.338 e. The number of amides is 1. The molecule has 0 spiro atoms. The fraction of sp³-hybridized carbons (Fsp3) is 0.500. The van der Waals surface area contributed by atoms with E-state index in [1.807, 2.05) is 39.0 Å². The smallest absolute Gasteiger partial charge is 0.338 e. The maximum atomic E-state index is 13.2. The maximum absolute atomic E-state index is 13.2. The summed E-state index contributed by atoms with van der Waals surface area (Å²) >= 11 is 1.44. The molecule has 0 aliphatic carbocycles. The SMILES string of the molecule is CCOC(=O)C1=C(C)N=C2S[C@H](CC)C(=O)N2[C@H]1c1ccc(OCC)c(OCC)c1. The zero-order valence-corrected chi connectivity index (χ0v) is 18.9. The quantitative estimate of drug-likeness (QED) is 0.576. The lowest BCUT2D eigenvalue weighted by Crippen LogP contribution is -2.40. The van der Waals surface area contributed by atoms with Gasteiger partial charge in [0.2, 0.25) is 5.91 Å². The third-order valence-electron chi connectivity index (χ3n) is 4.90. The van der Waals surface area contributed by atoms with Crippen LogP contribution in [0.2, 0.25) is 0 Å². The highest BCUT2D eigenvalue weighted by Crippen LogP contribution is 2.45. The molecule has 1 amide bonds. The van der Waals surface area contributed by atoms with Gasteiger partial charge in [-0.3, -0.25) is 9.69 Å². The Bertz CT molecular complexity index is 896. The minimum atomic E-state index is -0.622. The first-order chi connectivity index (χ1) is 14.5. The second-order valence-electron chi connectivity index (χ2n) is 6.81. The number of ether oxygens (including phenoxy) is 3. The van der Waals surface area contributed by atoms with Gasteiger partial charge in [-0.25, -0.2) is 9.79 Å². The largest absolute Gasteiger partial charge is 0.490 e. The summed E-state index contributed by atoms with van der Waals surface area (Å²) in [4.78, 5) is 32.2. The summed E-state index contributed by atoms with van der Waals surface area (Å²) in [6.07, 6.45) is 0.688. The van der Waals surface area contributed by atoms with Crippen molar-refractivity contribution in [2.45, 2.75) is 52.3 Å². The average Bonchev–Trinajstić information content (AvgIpc) is 3.04. The fourth-order valence-corrected chi connectivity index (χ4v) is 4.75. The van der Waals surface area contributed by atoms with Gasteiger partial charge < -0.3 is 14.2 Å². The van der Waals surface area contributed by atoms with Crippen LogP contribution in [0.15, 0.2) is 34.5 Å². The van der Waals surface area contributed by atoms with Crippen LogP contribution in [0.25, 0.3) is 0 Å². The van der Waals surface area contributed by atoms with Gasteiger partial charge in [-0.05, 0) is 51.8 Å². The first kappa shape index (κ1) is 22.2. The van der Waals surface area contributed by atoms with Crippen molar-refractivity contribution < 1.29 is 23.8 Å². The number of hydrogen-bond donors (Lipinski definition) is 0. The van der Waals surface area contributed by atoms with Crippen molar-refractivity contribution in [3.63, 3.8) is 0 Å². The van der Waals surface area contributed by atoms with Crippen molar-refractivity contribution in [1.82, 2.24) is 4.90 Å². The van der Waals surface area contributed by atoms with Gasteiger partial charge in [-0.1, -0.05) is 24.8 Å². The molecule has 1 fully saturated rings. The third-order valence-corrected chi connectivity index (χ3v) is 6.22. The first-order valence-corrected chi connectivity index (χ1v) is 11.2. The van der Waals surface area contributed by atoms with Crippen molar-refractivity contribution in [3.8, 4) is 11.5 Å². The number of amidine groups is 1. The molecular weight excluding hydrogens is 404 g/mol. The molecule has 1 aromatic rings. The number of rotatable bonds is 8. The van der Waals surface area contributed by atoms with Crippen molar-refractivity contribution in [2.75, 3.05) is 19.8 Å². The van der Waals surface area contributed by atoms with Crippen molar-refractivity contribution in [2.24, 2.45) is 4.99 Å². The van der Waals surface area contributed by atoms with E-state index >= 15 is 0 Å². The Balaban J connectivity index is 2.14. The summed E-state index contributed by atoms with van der Waals surface area (Å²) in [5, 5.41) is 0.406. The van der Waals surface area contributed by atoms with Crippen LogP contribution < -0.4 is 9.47 Å². The van der Waals surface area contributed by atoms with Gasteiger partial charge in [-0.15, -0.1) is 0 Å². The van der Waals surface area contributed by atoms with Crippen LogP contribution in [-0.2, 0) is 14.3 Å². The first-order valence-electron chi connectivity index (χ1n) is 10.3. The normalized spacial score (nSPS) is 20.8. The topological polar surface area (TPSA) is 77.4 Å². The highest BCUT2D eigenvalue weighted by molar-refractivity contribution is 8.15. The van der Waals surface area contributed by atoms with Crippen LogP contribution in [0.1, 0.15) is 52.6 Å². The number of nitrogens with zero attached hydrogens (tertiary/aromatic N) is 2. The molecule has 0 N–H and O–H groups in total. The van der Waals surface area contributed by atoms with E-state index in [9.17, 15) is 9.59 Å². The minimum Gasteiger partial charge on any atom is -0.490 e. The molecule has 0 radical (unpaired) electrons. The second kappa shape index (κ2) is 9.55. The van der Waals surface area contributed by atoms with E-state index in [2.05, 4.69) is 4.99 Å². The van der Waals surface area contributed by atoms with Crippen LogP contribution in [0.4, 0.5) is 0 Å². The number of hydrogen-bond acceptors (Lipinski definition) is 7. The minimum absolute atomic E-state index is 0.0487. The molecule has 2 atom stereocenters. The molecule has 0 bridgehead atoms. The molecule has 0 saturated carbocycles. The van der Waals surface area contributed by atoms with E-state index in [1.54, 1.807) is 18.7 Å². The standard InChI is InChI=1S/C22H28N2O5S/c1-6-17-20(25)24-19(14-10-11-15(27-7-2)16(12-14)28-8-3)18(21(26)29-9-4)13(5)23-22(24)30-17/h10-12,17,19H,6-9H2,1-5H3/t17-,19+/m1/s1. The van der Waals surface area contributed by atoms with Gasteiger partial charge in [0.05, 0.1) is 42.4 Å². The van der Waals surface area contributed by atoms with E-state index in [0.29, 0.717) is 47.6 Å². The summed E-state index contributed by atoms with van der Waals surface area (Å²) in [6.45, 7) is 10.5. The van der Waals surface area contributed by atoms with Crippen LogP contribution >= 0.6 is 11.8 Å². The Kier molecular flexibility index (Phi) is 7.07. The Morgan fingerprint density at radius 1 is 1.10 bits per heavy atom. The zero-order chi connectivity index (χ0) is 21.8. The lowest BCUT2D eigenvalue weighted by Gasteiger charge is -2.33. The summed E-state index contributed by atoms with van der Waals surface area (Å²) in [6, 6.07) is 4.90. The van der Waals surface area contributed by atoms with Crippen molar-refractivity contribution in [1.29, 1.82) is 0 Å². The van der Waals surface area contributed by atoms with E-state index in [1.165, 1.54) is 11.8 Å². The molecule has 2 aliphatic rings. The molecule has 30 heavy (non-hydrogen) atoms. The van der Waals surface area contributed by atoms with Crippen LogP contribution in [0.3, 0.4) is 0 Å². The molecular formula is C22H28N2O5S. The van der Waals surface area contributed by atoms with Gasteiger partial charge in [0.1, 0.15) is 0 Å². The molecule has 162 valence electrons. The summed E-state index contributed by atoms with van der Waals surface area (Å²) in [5.74, 6) is 0.688. The van der Waals surface area contributed by atoms with Crippen LogP contribution in [0.5, 0.6) is 11.5 Å². The average molecular weight is 433 g/mol. The monoisotopic (exact) mass is 432 g/mol. The summed E-state index contributed by atoms with van der Waals surface area (Å²) < 4.78 is 16.8. The molecule has 2 heterocycles. The number of allylic oxidation sites excluding steroid dienone is 1. The van der Waals surface area contributed by atoms with Crippen LogP contribution in [-0.4, -0.2) is 47.0 Å². The fourth-order valence-electron chi connectivity index (χ4n) is 3.61. The molecule has 0 aromatic heterocycles. The summed E-state index contributed by atoms with van der Waals surface area (Å²) in [7, 11) is 0. The number of benzene rings is 1. The van der Waals surface area contributed by atoms with Gasteiger partial charge >= 0.3 is 5.97 Å². The number of carbonyl (C=O) groups is 2. The second-order valence-corrected chi connectivity index (χ2v) is 7.98. The van der Waals surface area contributed by atoms with Crippen molar-refractivity contribution >= 4 is 28.8 Å². The van der Waals surface area contributed by atoms with E-state index in [4.69, 9.17) is 14.2 Å². The lowest BCUT2D eigenvalue weighted by atomic mass is 9.93. The van der Waals surface area contributed by atoms with E-state index in [-0.39, 0.29) is 17.8 Å². The van der Waals surface area contributed by atoms with Gasteiger partial charge in [-0.2, -0.15) is 0 Å². The Morgan fingerprint density at radius 3 is 2.43 bits per heavy atom. The molecule has 8 heteroatoms. The molecule has 2 aliphatic heterocycles. The van der Waals surface area contributed by atoms with Crippen LogP contribution in [0, 0.1) is 0 Å². The lowest BCUT2D eigenvalue weighted by molar-refractivity contribution is -0.139. The molecule has 0 unspecified atom stereocenters. The number of carbonyl (C=O) groups excluding carboxylic acids is 2. The predicted octanol–water partition coefficient (Wildman–Crippen LogP) is 4.09. The highest BCUT2D eigenvalue weighted by Gasteiger charge is 2.47. The van der Waals surface area contributed by atoms with Gasteiger partial charge in [0.15, 0.2) is 16.7 Å². The van der Waals surface area contributed by atoms with Gasteiger partial charge in [0, 0.05) is 0 Å². The highest BCUT2D eigenvalue weighted by atomic mass is 32.2. The third kappa shape index (κ3) is 4.05. The predicted molar refractivity (Wildman–Crippen MR) is 117 cm³/mol. The zero-order valence-electron chi connectivity index (χ0n) is 18.1. The van der Waals surface area contributed by atoms with E-state index in [0.717, 1.165) is 5.56 Å². The van der Waals surface area contributed by atoms with E-state index < -0.39 is 12.0 Å². The number of thioether (sulfide) groups is 1. The molecule has 3 rings (SSSR count). The molecule has 1 saturated heterocycles. The number of aliphatic imine (C=N–C) groups is 1. The Hall–Kier alpha value is -2.48. The number of fused-ring (bicyclic) bond motifs is 1. The van der Waals surface area contributed by atoms with Gasteiger partial charge in [0.25, 0.3) is 0 Å². The Labute approximate surface area is 181 Å².